The predicted octanol–water partition coefficient (Wildman–Crippen LogP) is 2.58. The Hall–Kier alpha value is -1.33. The van der Waals surface area contributed by atoms with Gasteiger partial charge in [0.2, 0.25) is 0 Å². The molecule has 5 nitrogen and oxygen atoms in total. The van der Waals surface area contributed by atoms with E-state index >= 15 is 0 Å². The summed E-state index contributed by atoms with van der Waals surface area (Å²) in [5, 5.41) is 3.38. The third-order valence-electron chi connectivity index (χ3n) is 4.28. The van der Waals surface area contributed by atoms with Gasteiger partial charge in [-0.15, -0.1) is 0 Å². The molecule has 0 saturated heterocycles. The summed E-state index contributed by atoms with van der Waals surface area (Å²) in [6.07, 6.45) is 3.32. The number of hydrogen-bond acceptors (Lipinski definition) is 4. The van der Waals surface area contributed by atoms with Crippen LogP contribution in [0.4, 0.5) is 5.82 Å². The topological polar surface area (TPSA) is 80.0 Å². The molecule has 0 spiro atoms. The fourth-order valence-corrected chi connectivity index (χ4v) is 3.14. The second-order valence-electron chi connectivity index (χ2n) is 5.36. The number of hydrogen-bond donors (Lipinski definition) is 3. The lowest BCUT2D eigenvalue weighted by molar-refractivity contribution is 0.0922. The highest BCUT2D eigenvalue weighted by atomic mass is 35.5. The number of nitrogens with zero attached hydrogens (tertiary/aromatic N) is 1. The number of amides is 1. The number of carbonyl (C=O) groups is 1. The zero-order valence-corrected chi connectivity index (χ0v) is 12.6. The van der Waals surface area contributed by atoms with Crippen molar-refractivity contribution in [1.29, 1.82) is 0 Å². The molecule has 0 aliphatic heterocycles. The van der Waals surface area contributed by atoms with E-state index in [0.29, 0.717) is 22.7 Å². The maximum absolute atomic E-state index is 12.3. The molecular formula is C14H21ClN4O. The molecule has 3 unspecified atom stereocenters. The highest BCUT2D eigenvalue weighted by Crippen LogP contribution is 2.34. The number of carbonyl (C=O) groups excluding carboxylic acids is 1. The minimum Gasteiger partial charge on any atom is -0.348 e. The van der Waals surface area contributed by atoms with E-state index in [1.165, 1.54) is 0 Å². The Morgan fingerprint density at radius 2 is 2.25 bits per heavy atom. The van der Waals surface area contributed by atoms with Gasteiger partial charge in [0.1, 0.15) is 11.5 Å². The lowest BCUT2D eigenvalue weighted by atomic mass is 9.93. The van der Waals surface area contributed by atoms with Crippen LogP contribution in [-0.2, 0) is 0 Å². The van der Waals surface area contributed by atoms with Crippen LogP contribution in [0, 0.1) is 11.8 Å². The van der Waals surface area contributed by atoms with Crippen molar-refractivity contribution < 1.29 is 4.79 Å². The molecule has 1 aliphatic carbocycles. The quantitative estimate of drug-likeness (QED) is 0.589. The Bertz CT molecular complexity index is 494. The molecule has 1 fully saturated rings. The second-order valence-corrected chi connectivity index (χ2v) is 5.76. The second kappa shape index (κ2) is 6.41. The molecule has 1 amide bonds. The molecular weight excluding hydrogens is 276 g/mol. The molecule has 1 heterocycles. The third-order valence-corrected chi connectivity index (χ3v) is 4.58. The summed E-state index contributed by atoms with van der Waals surface area (Å²) in [7, 11) is 0. The number of nitrogen functional groups attached to an aromatic ring is 1. The Labute approximate surface area is 124 Å². The molecule has 1 saturated carbocycles. The predicted molar refractivity (Wildman–Crippen MR) is 80.5 cm³/mol. The first-order valence-electron chi connectivity index (χ1n) is 7.00. The summed E-state index contributed by atoms with van der Waals surface area (Å²) >= 11 is 6.03. The van der Waals surface area contributed by atoms with Gasteiger partial charge < -0.3 is 10.7 Å². The van der Waals surface area contributed by atoms with E-state index in [1.807, 2.05) is 0 Å². The lowest BCUT2D eigenvalue weighted by Crippen LogP contribution is -2.38. The molecule has 0 radical (unpaired) electrons. The fraction of sp³-hybridized carbons (Fsp3) is 0.571. The van der Waals surface area contributed by atoms with E-state index < -0.39 is 0 Å². The molecule has 110 valence electrons. The van der Waals surface area contributed by atoms with Crippen LogP contribution in [0.3, 0.4) is 0 Å². The molecule has 4 N–H and O–H groups in total. The minimum absolute atomic E-state index is 0.194. The van der Waals surface area contributed by atoms with E-state index in [4.69, 9.17) is 17.4 Å². The van der Waals surface area contributed by atoms with Crippen molar-refractivity contribution in [2.75, 3.05) is 5.43 Å². The molecule has 2 rings (SSSR count). The van der Waals surface area contributed by atoms with Gasteiger partial charge in [-0.25, -0.2) is 10.8 Å². The highest BCUT2D eigenvalue weighted by Gasteiger charge is 2.33. The van der Waals surface area contributed by atoms with Gasteiger partial charge in [-0.2, -0.15) is 0 Å². The van der Waals surface area contributed by atoms with Gasteiger partial charge in [-0.3, -0.25) is 4.79 Å². The van der Waals surface area contributed by atoms with Gasteiger partial charge in [0.05, 0.1) is 5.02 Å². The summed E-state index contributed by atoms with van der Waals surface area (Å²) in [4.78, 5) is 16.4. The number of rotatable bonds is 4. The van der Waals surface area contributed by atoms with E-state index in [-0.39, 0.29) is 17.6 Å². The van der Waals surface area contributed by atoms with Gasteiger partial charge in [0.25, 0.3) is 5.91 Å². The summed E-state index contributed by atoms with van der Waals surface area (Å²) in [5.74, 6) is 6.66. The van der Waals surface area contributed by atoms with Crippen LogP contribution < -0.4 is 16.6 Å². The molecule has 0 aromatic carbocycles. The first-order chi connectivity index (χ1) is 9.56. The van der Waals surface area contributed by atoms with Crippen molar-refractivity contribution >= 4 is 23.3 Å². The number of pyridine rings is 1. The van der Waals surface area contributed by atoms with Crippen molar-refractivity contribution in [2.24, 2.45) is 17.7 Å². The van der Waals surface area contributed by atoms with Crippen molar-refractivity contribution in [3.05, 3.63) is 22.8 Å². The van der Waals surface area contributed by atoms with Crippen LogP contribution in [-0.4, -0.2) is 16.9 Å². The smallest absolute Gasteiger partial charge is 0.271 e. The van der Waals surface area contributed by atoms with E-state index in [9.17, 15) is 4.79 Å². The Kier molecular flexibility index (Phi) is 4.83. The molecule has 1 aliphatic rings. The summed E-state index contributed by atoms with van der Waals surface area (Å²) < 4.78 is 0. The minimum atomic E-state index is -0.235. The zero-order valence-electron chi connectivity index (χ0n) is 11.8. The van der Waals surface area contributed by atoms with Crippen LogP contribution in [0.15, 0.2) is 12.1 Å². The lowest BCUT2D eigenvalue weighted by Gasteiger charge is -2.21. The number of aromatic nitrogens is 1. The standard InChI is InChI=1S/C14H21ClN4O/c1-3-9-4-6-11(8(9)2)17-14(20)13-10(15)5-7-12(18-13)19-16/h5,7-9,11H,3-4,6,16H2,1-2H3,(H,17,20)(H,18,19). The van der Waals surface area contributed by atoms with Crippen molar-refractivity contribution in [2.45, 2.75) is 39.2 Å². The normalized spacial score (nSPS) is 25.5. The maximum atomic E-state index is 12.3. The number of nitrogens with one attached hydrogen (secondary N) is 2. The van der Waals surface area contributed by atoms with Crippen LogP contribution >= 0.6 is 11.6 Å². The first-order valence-corrected chi connectivity index (χ1v) is 7.38. The van der Waals surface area contributed by atoms with E-state index in [2.05, 4.69) is 29.6 Å². The molecule has 6 heteroatoms. The van der Waals surface area contributed by atoms with Crippen molar-refractivity contribution in [3.63, 3.8) is 0 Å². The summed E-state index contributed by atoms with van der Waals surface area (Å²) in [6, 6.07) is 3.44. The van der Waals surface area contributed by atoms with Crippen LogP contribution in [0.25, 0.3) is 0 Å². The number of nitrogens with two attached hydrogens (primary N) is 1. The number of hydrazine groups is 1. The summed E-state index contributed by atoms with van der Waals surface area (Å²) in [5.41, 5.74) is 2.64. The highest BCUT2D eigenvalue weighted by molar-refractivity contribution is 6.33. The number of halogens is 1. The third kappa shape index (κ3) is 3.04. The SMILES string of the molecule is CCC1CCC(NC(=O)c2nc(NN)ccc2Cl)C1C. The molecule has 1 aromatic heterocycles. The monoisotopic (exact) mass is 296 g/mol. The van der Waals surface area contributed by atoms with Crippen molar-refractivity contribution in [1.82, 2.24) is 10.3 Å². The number of anilines is 1. The van der Waals surface area contributed by atoms with Crippen LogP contribution in [0.1, 0.15) is 43.6 Å². The molecule has 1 aromatic rings. The Balaban J connectivity index is 2.09. The van der Waals surface area contributed by atoms with Crippen LogP contribution in [0.2, 0.25) is 5.02 Å². The molecule has 3 atom stereocenters. The zero-order chi connectivity index (χ0) is 14.7. The largest absolute Gasteiger partial charge is 0.348 e. The van der Waals surface area contributed by atoms with Gasteiger partial charge in [-0.05, 0) is 36.8 Å². The van der Waals surface area contributed by atoms with Gasteiger partial charge >= 0.3 is 0 Å². The average Bonchev–Trinajstić information content (AvgIpc) is 2.80. The average molecular weight is 297 g/mol. The van der Waals surface area contributed by atoms with Gasteiger partial charge in [0, 0.05) is 6.04 Å². The molecule has 20 heavy (non-hydrogen) atoms. The van der Waals surface area contributed by atoms with Crippen molar-refractivity contribution in [3.8, 4) is 0 Å². The maximum Gasteiger partial charge on any atom is 0.271 e. The Morgan fingerprint density at radius 3 is 2.85 bits per heavy atom. The fourth-order valence-electron chi connectivity index (χ4n) is 2.95. The first kappa shape index (κ1) is 15.1. The van der Waals surface area contributed by atoms with E-state index in [1.54, 1.807) is 12.1 Å². The van der Waals surface area contributed by atoms with Gasteiger partial charge in [0.15, 0.2) is 0 Å². The van der Waals surface area contributed by atoms with Gasteiger partial charge in [-0.1, -0.05) is 31.9 Å². The van der Waals surface area contributed by atoms with Crippen LogP contribution in [0.5, 0.6) is 0 Å². The van der Waals surface area contributed by atoms with E-state index in [0.717, 1.165) is 19.3 Å². The molecule has 0 bridgehead atoms. The summed E-state index contributed by atoms with van der Waals surface area (Å²) in [6.45, 7) is 4.39. The Morgan fingerprint density at radius 1 is 1.50 bits per heavy atom.